The number of ether oxygens (including phenoxy) is 1. The van der Waals surface area contributed by atoms with Crippen LogP contribution in [0.2, 0.25) is 0 Å². The Balaban J connectivity index is 1.48. The Labute approximate surface area is 170 Å². The van der Waals surface area contributed by atoms with Crippen LogP contribution in [0.25, 0.3) is 11.6 Å². The molecule has 5 nitrogen and oxygen atoms in total. The molecular formula is C24H26N4O. The molecule has 0 aliphatic heterocycles. The van der Waals surface area contributed by atoms with Crippen LogP contribution in [0.15, 0.2) is 47.1 Å². The lowest BCUT2D eigenvalue weighted by Crippen LogP contribution is -2.39. The van der Waals surface area contributed by atoms with E-state index in [1.165, 1.54) is 23.1 Å². The summed E-state index contributed by atoms with van der Waals surface area (Å²) in [5.41, 5.74) is 6.67. The number of nitrogens with one attached hydrogen (secondary N) is 1. The lowest BCUT2D eigenvalue weighted by Gasteiger charge is -2.26. The Kier molecular flexibility index (Phi) is 4.26. The number of fused-ring (bicyclic) bond motifs is 2. The number of rotatable bonds is 4. The van der Waals surface area contributed by atoms with E-state index >= 15 is 0 Å². The first-order valence-electron chi connectivity index (χ1n) is 10.3. The molecule has 3 atom stereocenters. The average molecular weight is 386 g/mol. The summed E-state index contributed by atoms with van der Waals surface area (Å²) in [6.07, 6.45) is 7.03. The maximum absolute atomic E-state index is 5.28. The van der Waals surface area contributed by atoms with Crippen molar-refractivity contribution in [1.29, 1.82) is 0 Å². The first-order valence-corrected chi connectivity index (χ1v) is 10.3. The molecule has 3 aliphatic rings. The molecule has 0 spiro atoms. The highest BCUT2D eigenvalue weighted by molar-refractivity contribution is 5.59. The van der Waals surface area contributed by atoms with Crippen molar-refractivity contribution >= 4 is 23.3 Å². The molecule has 1 saturated carbocycles. The molecule has 3 unspecified atom stereocenters. The Morgan fingerprint density at radius 1 is 1.10 bits per heavy atom. The summed E-state index contributed by atoms with van der Waals surface area (Å²) in [4.78, 5) is 4.76. The summed E-state index contributed by atoms with van der Waals surface area (Å²) in [6.45, 7) is 6.75. The minimum Gasteiger partial charge on any atom is -0.497 e. The fraction of sp³-hybridized carbons (Fsp3) is 0.375. The molecule has 1 aromatic heterocycles. The van der Waals surface area contributed by atoms with Crippen molar-refractivity contribution < 1.29 is 4.74 Å². The number of methoxy groups -OCH3 is 1. The molecule has 0 radical (unpaired) electrons. The highest BCUT2D eigenvalue weighted by Gasteiger charge is 2.41. The molecule has 29 heavy (non-hydrogen) atoms. The van der Waals surface area contributed by atoms with Crippen LogP contribution in [-0.4, -0.2) is 22.3 Å². The van der Waals surface area contributed by atoms with Crippen molar-refractivity contribution in [3.63, 3.8) is 0 Å². The van der Waals surface area contributed by atoms with E-state index in [-0.39, 0.29) is 0 Å². The Morgan fingerprint density at radius 3 is 2.79 bits per heavy atom. The summed E-state index contributed by atoms with van der Waals surface area (Å²) in [7, 11) is 1.66. The normalized spacial score (nSPS) is 24.9. The van der Waals surface area contributed by atoms with Crippen LogP contribution in [0.3, 0.4) is 0 Å². The van der Waals surface area contributed by atoms with Crippen LogP contribution in [0, 0.1) is 17.8 Å². The maximum atomic E-state index is 5.28. The van der Waals surface area contributed by atoms with Gasteiger partial charge in [0, 0.05) is 17.7 Å². The Morgan fingerprint density at radius 2 is 1.97 bits per heavy atom. The summed E-state index contributed by atoms with van der Waals surface area (Å²) >= 11 is 0. The number of aromatic nitrogens is 3. The van der Waals surface area contributed by atoms with Gasteiger partial charge in [0.2, 0.25) is 5.95 Å². The van der Waals surface area contributed by atoms with Gasteiger partial charge >= 0.3 is 0 Å². The number of hydrogen-bond acceptors (Lipinski definition) is 5. The quantitative estimate of drug-likeness (QED) is 0.871. The van der Waals surface area contributed by atoms with Gasteiger partial charge in [-0.2, -0.15) is 0 Å². The van der Waals surface area contributed by atoms with E-state index < -0.39 is 0 Å². The third-order valence-electron chi connectivity index (χ3n) is 6.41. The van der Waals surface area contributed by atoms with Crippen molar-refractivity contribution in [3.8, 4) is 5.75 Å². The van der Waals surface area contributed by atoms with E-state index in [1.54, 1.807) is 12.7 Å². The summed E-state index contributed by atoms with van der Waals surface area (Å²) in [5, 5.41) is 13.9. The van der Waals surface area contributed by atoms with Crippen molar-refractivity contribution in [2.45, 2.75) is 33.6 Å². The van der Waals surface area contributed by atoms with Gasteiger partial charge in [-0.1, -0.05) is 23.3 Å². The summed E-state index contributed by atoms with van der Waals surface area (Å²) in [6, 6.07) is 7.72. The van der Waals surface area contributed by atoms with Crippen LogP contribution >= 0.6 is 0 Å². The van der Waals surface area contributed by atoms with Crippen molar-refractivity contribution in [2.24, 2.45) is 17.8 Å². The van der Waals surface area contributed by atoms with E-state index in [0.29, 0.717) is 11.9 Å². The van der Waals surface area contributed by atoms with E-state index in [0.717, 1.165) is 40.4 Å². The molecule has 0 bridgehead atoms. The second-order valence-corrected chi connectivity index (χ2v) is 8.44. The molecule has 0 saturated heterocycles. The molecule has 5 heteroatoms. The van der Waals surface area contributed by atoms with Crippen LogP contribution in [0.5, 0.6) is 5.75 Å². The van der Waals surface area contributed by atoms with Crippen LogP contribution in [-0.2, 0) is 0 Å². The first kappa shape index (κ1) is 18.1. The molecule has 1 fully saturated rings. The van der Waals surface area contributed by atoms with E-state index in [1.807, 2.05) is 24.3 Å². The zero-order chi connectivity index (χ0) is 20.1. The van der Waals surface area contributed by atoms with Gasteiger partial charge in [-0.15, -0.1) is 10.2 Å². The predicted molar refractivity (Wildman–Crippen MR) is 115 cm³/mol. The highest BCUT2D eigenvalue weighted by Crippen LogP contribution is 2.52. The minimum absolute atomic E-state index is 0.369. The predicted octanol–water partition coefficient (Wildman–Crippen LogP) is 3.51. The third kappa shape index (κ3) is 3.24. The molecule has 148 valence electrons. The Bertz CT molecular complexity index is 1180. The highest BCUT2D eigenvalue weighted by atomic mass is 16.5. The topological polar surface area (TPSA) is 59.9 Å². The monoisotopic (exact) mass is 386 g/mol. The minimum atomic E-state index is 0.369. The number of benzene rings is 1. The molecular weight excluding hydrogens is 360 g/mol. The SMILES string of the molecule is COc1cccc(Nc2nnc3c(n2)=C(C)CC(C2=C(C)C4CC4C=C2C)C=3)c1. The zero-order valence-corrected chi connectivity index (χ0v) is 17.4. The molecule has 5 rings (SSSR count). The van der Waals surface area contributed by atoms with Gasteiger partial charge in [0.1, 0.15) is 11.1 Å². The summed E-state index contributed by atoms with van der Waals surface area (Å²) < 4.78 is 5.28. The standard InChI is InChI=1S/C24H26N4O/c1-13-8-16-10-20(16)15(3)22(13)17-9-14(2)23-21(11-17)27-28-24(26-23)25-18-6-5-7-19(12-18)29-4/h5-8,11-12,16-17,20H,9-10H2,1-4H3,(H,25,26). The molecule has 2 aromatic rings. The second-order valence-electron chi connectivity index (χ2n) is 8.44. The van der Waals surface area contributed by atoms with E-state index in [9.17, 15) is 0 Å². The third-order valence-corrected chi connectivity index (χ3v) is 6.41. The van der Waals surface area contributed by atoms with Gasteiger partial charge < -0.3 is 10.1 Å². The number of hydrogen-bond donors (Lipinski definition) is 1. The number of allylic oxidation sites excluding steroid dienone is 4. The van der Waals surface area contributed by atoms with Gasteiger partial charge in [-0.25, -0.2) is 4.98 Å². The lowest BCUT2D eigenvalue weighted by molar-refractivity contribution is 0.415. The van der Waals surface area contributed by atoms with Crippen molar-refractivity contribution in [2.75, 3.05) is 12.4 Å². The first-order chi connectivity index (χ1) is 14.0. The van der Waals surface area contributed by atoms with Gasteiger partial charge in [0.25, 0.3) is 0 Å². The molecule has 1 aromatic carbocycles. The lowest BCUT2D eigenvalue weighted by atomic mass is 9.79. The number of nitrogens with zero attached hydrogens (tertiary/aromatic N) is 3. The number of anilines is 2. The smallest absolute Gasteiger partial charge is 0.247 e. The van der Waals surface area contributed by atoms with Crippen molar-refractivity contribution in [3.05, 3.63) is 57.8 Å². The summed E-state index contributed by atoms with van der Waals surface area (Å²) in [5.74, 6) is 3.22. The zero-order valence-electron chi connectivity index (χ0n) is 17.4. The average Bonchev–Trinajstić information content (AvgIpc) is 3.48. The Hall–Kier alpha value is -2.95. The van der Waals surface area contributed by atoms with Crippen LogP contribution < -0.4 is 20.8 Å². The fourth-order valence-electron chi connectivity index (χ4n) is 4.91. The molecule has 1 N–H and O–H groups in total. The van der Waals surface area contributed by atoms with Crippen LogP contribution in [0.4, 0.5) is 11.6 Å². The molecule has 1 heterocycles. The second kappa shape index (κ2) is 6.83. The molecule has 3 aliphatic carbocycles. The van der Waals surface area contributed by atoms with Gasteiger partial charge in [0.15, 0.2) is 0 Å². The largest absolute Gasteiger partial charge is 0.497 e. The maximum Gasteiger partial charge on any atom is 0.247 e. The van der Waals surface area contributed by atoms with Gasteiger partial charge in [0.05, 0.1) is 12.5 Å². The van der Waals surface area contributed by atoms with Crippen molar-refractivity contribution in [1.82, 2.24) is 15.2 Å². The van der Waals surface area contributed by atoms with E-state index in [2.05, 4.69) is 48.4 Å². The van der Waals surface area contributed by atoms with Gasteiger partial charge in [-0.05, 0) is 74.8 Å². The van der Waals surface area contributed by atoms with Gasteiger partial charge in [-0.3, -0.25) is 0 Å². The molecule has 0 amide bonds. The fourth-order valence-corrected chi connectivity index (χ4v) is 4.91. The van der Waals surface area contributed by atoms with E-state index in [4.69, 9.17) is 9.72 Å². The van der Waals surface area contributed by atoms with Crippen LogP contribution in [0.1, 0.15) is 33.6 Å².